The van der Waals surface area contributed by atoms with Crippen molar-refractivity contribution in [3.05, 3.63) is 0 Å². The van der Waals surface area contributed by atoms with Crippen LogP contribution >= 0.6 is 0 Å². The molecule has 0 aromatic heterocycles. The number of carbonyl (C=O) groups is 1. The molecule has 0 unspecified atom stereocenters. The highest BCUT2D eigenvalue weighted by molar-refractivity contribution is 5.79. The van der Waals surface area contributed by atoms with Gasteiger partial charge in [-0.15, -0.1) is 0 Å². The number of nitrogens with one attached hydrogen (secondary N) is 1. The molecule has 1 atom stereocenters. The van der Waals surface area contributed by atoms with Gasteiger partial charge >= 0.3 is 0 Å². The molecule has 9 heavy (non-hydrogen) atoms. The van der Waals surface area contributed by atoms with Gasteiger partial charge in [0.2, 0.25) is 0 Å². The van der Waals surface area contributed by atoms with Gasteiger partial charge in [-0.25, -0.2) is 5.84 Å². The molecule has 0 aliphatic rings. The van der Waals surface area contributed by atoms with E-state index in [-0.39, 0.29) is 5.91 Å². The SMILES string of the molecule is CCO[C@H](C)C(=O)NN. The topological polar surface area (TPSA) is 64.3 Å². The van der Waals surface area contributed by atoms with Gasteiger partial charge in [0.1, 0.15) is 6.10 Å². The van der Waals surface area contributed by atoms with Crippen LogP contribution in [0, 0.1) is 0 Å². The first kappa shape index (κ1) is 8.39. The molecule has 0 fully saturated rings. The van der Waals surface area contributed by atoms with Gasteiger partial charge in [-0.1, -0.05) is 0 Å². The maximum Gasteiger partial charge on any atom is 0.262 e. The van der Waals surface area contributed by atoms with Crippen LogP contribution in [0.2, 0.25) is 0 Å². The van der Waals surface area contributed by atoms with E-state index in [1.54, 1.807) is 6.92 Å². The Morgan fingerprint density at radius 3 is 2.78 bits per heavy atom. The maximum absolute atomic E-state index is 10.5. The van der Waals surface area contributed by atoms with Crippen LogP contribution in [0.25, 0.3) is 0 Å². The first-order valence-corrected chi connectivity index (χ1v) is 2.84. The molecule has 0 aromatic rings. The minimum absolute atomic E-state index is 0.295. The summed E-state index contributed by atoms with van der Waals surface area (Å²) in [5.41, 5.74) is 1.99. The molecule has 0 saturated carbocycles. The van der Waals surface area contributed by atoms with Crippen molar-refractivity contribution in [3.8, 4) is 0 Å². The van der Waals surface area contributed by atoms with Crippen molar-refractivity contribution in [3.63, 3.8) is 0 Å². The van der Waals surface area contributed by atoms with E-state index in [2.05, 4.69) is 0 Å². The van der Waals surface area contributed by atoms with Crippen molar-refractivity contribution in [2.75, 3.05) is 6.61 Å². The molecule has 0 heterocycles. The lowest BCUT2D eigenvalue weighted by Gasteiger charge is -2.07. The average Bonchev–Trinajstić information content (AvgIpc) is 1.87. The summed E-state index contributed by atoms with van der Waals surface area (Å²) < 4.78 is 4.90. The number of amides is 1. The van der Waals surface area contributed by atoms with Crippen LogP contribution < -0.4 is 11.3 Å². The molecule has 4 nitrogen and oxygen atoms in total. The van der Waals surface area contributed by atoms with Gasteiger partial charge in [0.25, 0.3) is 5.91 Å². The molecular weight excluding hydrogens is 120 g/mol. The average molecular weight is 132 g/mol. The molecule has 0 bridgehead atoms. The minimum atomic E-state index is -0.444. The number of carbonyl (C=O) groups excluding carboxylic acids is 1. The van der Waals surface area contributed by atoms with E-state index in [9.17, 15) is 4.79 Å². The summed E-state index contributed by atoms with van der Waals surface area (Å²) in [7, 11) is 0. The molecule has 0 radical (unpaired) electrons. The summed E-state index contributed by atoms with van der Waals surface area (Å²) in [6, 6.07) is 0. The second-order valence-electron chi connectivity index (χ2n) is 1.61. The Hall–Kier alpha value is -0.610. The van der Waals surface area contributed by atoms with Crippen molar-refractivity contribution in [1.82, 2.24) is 5.43 Å². The molecule has 0 aliphatic carbocycles. The number of hydrazine groups is 1. The fourth-order valence-corrected chi connectivity index (χ4v) is 0.443. The van der Waals surface area contributed by atoms with Crippen LogP contribution in [0.4, 0.5) is 0 Å². The van der Waals surface area contributed by atoms with E-state index < -0.39 is 6.10 Å². The van der Waals surface area contributed by atoms with Crippen LogP contribution in [0.1, 0.15) is 13.8 Å². The van der Waals surface area contributed by atoms with Gasteiger partial charge < -0.3 is 4.74 Å². The second-order valence-corrected chi connectivity index (χ2v) is 1.61. The van der Waals surface area contributed by atoms with Gasteiger partial charge in [0, 0.05) is 6.61 Å². The van der Waals surface area contributed by atoms with Crippen LogP contribution in [0.3, 0.4) is 0 Å². The zero-order valence-corrected chi connectivity index (χ0v) is 5.68. The zero-order chi connectivity index (χ0) is 7.28. The van der Waals surface area contributed by atoms with Crippen LogP contribution in [0.15, 0.2) is 0 Å². The number of ether oxygens (including phenoxy) is 1. The zero-order valence-electron chi connectivity index (χ0n) is 5.68. The standard InChI is InChI=1S/C5H12N2O2/c1-3-9-4(2)5(8)7-6/h4H,3,6H2,1-2H3,(H,7,8)/t4-/m1/s1. The van der Waals surface area contributed by atoms with Gasteiger partial charge in [0.15, 0.2) is 0 Å². The Bertz CT molecular complexity index is 95.0. The third-order valence-electron chi connectivity index (χ3n) is 0.928. The largest absolute Gasteiger partial charge is 0.369 e. The molecule has 1 amide bonds. The third-order valence-corrected chi connectivity index (χ3v) is 0.928. The number of hydrogen-bond acceptors (Lipinski definition) is 3. The Labute approximate surface area is 54.3 Å². The van der Waals surface area contributed by atoms with Crippen molar-refractivity contribution >= 4 is 5.91 Å². The lowest BCUT2D eigenvalue weighted by atomic mass is 10.4. The van der Waals surface area contributed by atoms with Crippen molar-refractivity contribution in [2.24, 2.45) is 5.84 Å². The quantitative estimate of drug-likeness (QED) is 0.306. The third kappa shape index (κ3) is 3.05. The normalized spacial score (nSPS) is 12.8. The number of nitrogens with two attached hydrogens (primary N) is 1. The smallest absolute Gasteiger partial charge is 0.262 e. The van der Waals surface area contributed by atoms with Crippen molar-refractivity contribution < 1.29 is 9.53 Å². The molecule has 54 valence electrons. The minimum Gasteiger partial charge on any atom is -0.369 e. The molecule has 4 heteroatoms. The first-order valence-electron chi connectivity index (χ1n) is 2.84. The monoisotopic (exact) mass is 132 g/mol. The highest BCUT2D eigenvalue weighted by Gasteiger charge is 2.08. The predicted molar refractivity (Wildman–Crippen MR) is 33.4 cm³/mol. The molecule has 0 aliphatic heterocycles. The highest BCUT2D eigenvalue weighted by Crippen LogP contribution is 1.87. The van der Waals surface area contributed by atoms with Crippen LogP contribution in [-0.2, 0) is 9.53 Å². The lowest BCUT2D eigenvalue weighted by Crippen LogP contribution is -2.38. The molecule has 0 spiro atoms. The molecule has 0 aromatic carbocycles. The Morgan fingerprint density at radius 2 is 2.44 bits per heavy atom. The summed E-state index contributed by atoms with van der Waals surface area (Å²) in [4.78, 5) is 10.5. The van der Waals surface area contributed by atoms with E-state index in [0.29, 0.717) is 6.61 Å². The van der Waals surface area contributed by atoms with Gasteiger partial charge in [0.05, 0.1) is 0 Å². The second kappa shape index (κ2) is 4.29. The van der Waals surface area contributed by atoms with E-state index in [4.69, 9.17) is 10.6 Å². The van der Waals surface area contributed by atoms with E-state index in [1.807, 2.05) is 12.3 Å². The van der Waals surface area contributed by atoms with Crippen molar-refractivity contribution in [1.29, 1.82) is 0 Å². The van der Waals surface area contributed by atoms with Crippen LogP contribution in [0.5, 0.6) is 0 Å². The van der Waals surface area contributed by atoms with Crippen LogP contribution in [-0.4, -0.2) is 18.6 Å². The van der Waals surface area contributed by atoms with E-state index >= 15 is 0 Å². The van der Waals surface area contributed by atoms with Gasteiger partial charge in [-0.05, 0) is 13.8 Å². The van der Waals surface area contributed by atoms with Gasteiger partial charge in [-0.2, -0.15) is 0 Å². The summed E-state index contributed by atoms with van der Waals surface area (Å²) >= 11 is 0. The Morgan fingerprint density at radius 1 is 1.89 bits per heavy atom. The lowest BCUT2D eigenvalue weighted by molar-refractivity contribution is -0.131. The Balaban J connectivity index is 3.45. The Kier molecular flexibility index (Phi) is 4.00. The fourth-order valence-electron chi connectivity index (χ4n) is 0.443. The predicted octanol–water partition coefficient (Wildman–Crippen LogP) is -0.599. The van der Waals surface area contributed by atoms with E-state index in [1.165, 1.54) is 0 Å². The summed E-state index contributed by atoms with van der Waals surface area (Å²) in [5.74, 6) is 4.53. The fraction of sp³-hybridized carbons (Fsp3) is 0.800. The molecular formula is C5H12N2O2. The van der Waals surface area contributed by atoms with E-state index in [0.717, 1.165) is 0 Å². The highest BCUT2D eigenvalue weighted by atomic mass is 16.5. The number of rotatable bonds is 3. The van der Waals surface area contributed by atoms with Gasteiger partial charge in [-0.3, -0.25) is 10.2 Å². The molecule has 0 saturated heterocycles. The summed E-state index contributed by atoms with van der Waals surface area (Å²) in [6.45, 7) is 3.99. The summed E-state index contributed by atoms with van der Waals surface area (Å²) in [5, 5.41) is 0. The van der Waals surface area contributed by atoms with Crippen molar-refractivity contribution in [2.45, 2.75) is 20.0 Å². The molecule has 3 N–H and O–H groups in total. The molecule has 0 rings (SSSR count). The number of hydrogen-bond donors (Lipinski definition) is 2. The first-order chi connectivity index (χ1) is 4.22. The summed E-state index contributed by atoms with van der Waals surface area (Å²) in [6.07, 6.45) is -0.444. The maximum atomic E-state index is 10.5.